The first-order valence-corrected chi connectivity index (χ1v) is 4.02. The van der Waals surface area contributed by atoms with Crippen molar-refractivity contribution in [3.63, 3.8) is 0 Å². The van der Waals surface area contributed by atoms with Gasteiger partial charge in [0.05, 0.1) is 12.7 Å². The van der Waals surface area contributed by atoms with Crippen molar-refractivity contribution in [2.75, 3.05) is 6.61 Å². The maximum atomic E-state index is 10.8. The highest BCUT2D eigenvalue weighted by Gasteiger charge is 1.99. The van der Waals surface area contributed by atoms with E-state index in [1.165, 1.54) is 6.08 Å². The van der Waals surface area contributed by atoms with E-state index in [0.717, 1.165) is 6.42 Å². The van der Waals surface area contributed by atoms with Crippen molar-refractivity contribution >= 4 is 5.97 Å². The molecule has 0 aliphatic heterocycles. The lowest BCUT2D eigenvalue weighted by Crippen LogP contribution is -2.00. The lowest BCUT2D eigenvalue weighted by atomic mass is 10.1. The summed E-state index contributed by atoms with van der Waals surface area (Å²) in [4.78, 5) is 10.8. The average Bonchev–Trinajstić information content (AvgIpc) is 2.04. The second-order valence-corrected chi connectivity index (χ2v) is 2.28. The van der Waals surface area contributed by atoms with Crippen LogP contribution in [0, 0.1) is 11.3 Å². The van der Waals surface area contributed by atoms with Crippen LogP contribution in [-0.4, -0.2) is 12.6 Å². The van der Waals surface area contributed by atoms with E-state index in [2.05, 4.69) is 4.74 Å². The second-order valence-electron chi connectivity index (χ2n) is 2.28. The summed E-state index contributed by atoms with van der Waals surface area (Å²) in [6, 6.07) is 1.95. The number of hydrogen-bond donors (Lipinski definition) is 0. The van der Waals surface area contributed by atoms with Gasteiger partial charge in [0, 0.05) is 11.6 Å². The zero-order valence-corrected chi connectivity index (χ0v) is 7.46. The Morgan fingerprint density at radius 1 is 1.58 bits per heavy atom. The molecule has 0 saturated carbocycles. The first kappa shape index (κ1) is 10.7. The number of rotatable bonds is 4. The minimum absolute atomic E-state index is 0.347. The molecule has 0 aromatic heterocycles. The minimum Gasteiger partial charge on any atom is -0.463 e. The van der Waals surface area contributed by atoms with Crippen LogP contribution in [0.4, 0.5) is 0 Å². The predicted molar refractivity (Wildman–Crippen MR) is 45.2 cm³/mol. The maximum Gasteiger partial charge on any atom is 0.331 e. The summed E-state index contributed by atoms with van der Waals surface area (Å²) in [5.41, 5.74) is 0.482. The molecule has 0 fully saturated rings. The van der Waals surface area contributed by atoms with E-state index < -0.39 is 5.97 Å². The van der Waals surface area contributed by atoms with Crippen LogP contribution in [0.25, 0.3) is 0 Å². The Labute approximate surface area is 72.6 Å². The van der Waals surface area contributed by atoms with Crippen molar-refractivity contribution in [1.29, 1.82) is 5.26 Å². The van der Waals surface area contributed by atoms with Crippen LogP contribution in [0.15, 0.2) is 11.6 Å². The van der Waals surface area contributed by atoms with E-state index in [1.807, 2.05) is 13.0 Å². The zero-order valence-electron chi connectivity index (χ0n) is 7.46. The van der Waals surface area contributed by atoms with Gasteiger partial charge in [-0.15, -0.1) is 0 Å². The molecule has 0 aromatic carbocycles. The SMILES string of the molecule is CCC/C(C#N)=C/C(=O)OCC. The molecule has 0 radical (unpaired) electrons. The van der Waals surface area contributed by atoms with Crippen molar-refractivity contribution in [1.82, 2.24) is 0 Å². The molecule has 12 heavy (non-hydrogen) atoms. The Kier molecular flexibility index (Phi) is 5.72. The molecule has 0 amide bonds. The van der Waals surface area contributed by atoms with Crippen molar-refractivity contribution in [2.45, 2.75) is 26.7 Å². The summed E-state index contributed by atoms with van der Waals surface area (Å²) in [7, 11) is 0. The van der Waals surface area contributed by atoms with Gasteiger partial charge in [-0.25, -0.2) is 4.79 Å². The highest BCUT2D eigenvalue weighted by atomic mass is 16.5. The van der Waals surface area contributed by atoms with E-state index >= 15 is 0 Å². The van der Waals surface area contributed by atoms with E-state index in [0.29, 0.717) is 18.6 Å². The summed E-state index contributed by atoms with van der Waals surface area (Å²) >= 11 is 0. The molecule has 3 nitrogen and oxygen atoms in total. The van der Waals surface area contributed by atoms with Crippen LogP contribution in [-0.2, 0) is 9.53 Å². The minimum atomic E-state index is -0.428. The Balaban J connectivity index is 4.10. The average molecular weight is 167 g/mol. The molecule has 0 bridgehead atoms. The van der Waals surface area contributed by atoms with Crippen LogP contribution in [0.3, 0.4) is 0 Å². The normalized spacial score (nSPS) is 10.6. The van der Waals surface area contributed by atoms with Gasteiger partial charge in [-0.05, 0) is 13.3 Å². The van der Waals surface area contributed by atoms with Gasteiger partial charge in [-0.3, -0.25) is 0 Å². The smallest absolute Gasteiger partial charge is 0.331 e. The van der Waals surface area contributed by atoms with Crippen molar-refractivity contribution < 1.29 is 9.53 Å². The quantitative estimate of drug-likeness (QED) is 0.364. The number of allylic oxidation sites excluding steroid dienone is 1. The fourth-order valence-electron chi connectivity index (χ4n) is 0.756. The third-order valence-corrected chi connectivity index (χ3v) is 1.24. The fraction of sp³-hybridized carbons (Fsp3) is 0.556. The molecule has 0 aliphatic carbocycles. The van der Waals surface area contributed by atoms with Crippen LogP contribution >= 0.6 is 0 Å². The molecule has 0 saturated heterocycles. The third-order valence-electron chi connectivity index (χ3n) is 1.24. The van der Waals surface area contributed by atoms with Crippen molar-refractivity contribution in [3.05, 3.63) is 11.6 Å². The fourth-order valence-corrected chi connectivity index (χ4v) is 0.756. The number of nitrogens with zero attached hydrogens (tertiary/aromatic N) is 1. The van der Waals surface area contributed by atoms with Crippen LogP contribution in [0.5, 0.6) is 0 Å². The van der Waals surface area contributed by atoms with Gasteiger partial charge in [-0.1, -0.05) is 13.3 Å². The maximum absolute atomic E-state index is 10.8. The van der Waals surface area contributed by atoms with E-state index in [4.69, 9.17) is 5.26 Å². The number of carbonyl (C=O) groups excluding carboxylic acids is 1. The van der Waals surface area contributed by atoms with Gasteiger partial charge in [0.25, 0.3) is 0 Å². The largest absolute Gasteiger partial charge is 0.463 e. The molecule has 0 aromatic rings. The van der Waals surface area contributed by atoms with E-state index in [1.54, 1.807) is 6.92 Å². The van der Waals surface area contributed by atoms with Crippen molar-refractivity contribution in [2.24, 2.45) is 0 Å². The Bertz CT molecular complexity index is 213. The Morgan fingerprint density at radius 2 is 2.25 bits per heavy atom. The molecule has 0 spiro atoms. The lowest BCUT2D eigenvalue weighted by molar-refractivity contribution is -0.137. The van der Waals surface area contributed by atoms with Gasteiger partial charge in [0.15, 0.2) is 0 Å². The molecule has 0 N–H and O–H groups in total. The van der Waals surface area contributed by atoms with Crippen molar-refractivity contribution in [3.8, 4) is 6.07 Å². The third kappa shape index (κ3) is 4.51. The monoisotopic (exact) mass is 167 g/mol. The van der Waals surface area contributed by atoms with E-state index in [9.17, 15) is 4.79 Å². The highest BCUT2D eigenvalue weighted by Crippen LogP contribution is 2.02. The van der Waals surface area contributed by atoms with Gasteiger partial charge in [-0.2, -0.15) is 5.26 Å². The molecule has 3 heteroatoms. The molecular weight excluding hydrogens is 154 g/mol. The lowest BCUT2D eigenvalue weighted by Gasteiger charge is -1.96. The van der Waals surface area contributed by atoms with Gasteiger partial charge < -0.3 is 4.74 Å². The number of esters is 1. The Morgan fingerprint density at radius 3 is 2.67 bits per heavy atom. The number of hydrogen-bond acceptors (Lipinski definition) is 3. The molecule has 66 valence electrons. The first-order valence-electron chi connectivity index (χ1n) is 4.02. The summed E-state index contributed by atoms with van der Waals surface area (Å²) in [6.45, 7) is 4.04. The Hall–Kier alpha value is -1.30. The number of ether oxygens (including phenoxy) is 1. The summed E-state index contributed by atoms with van der Waals surface area (Å²) in [5.74, 6) is -0.428. The summed E-state index contributed by atoms with van der Waals surface area (Å²) < 4.78 is 4.65. The van der Waals surface area contributed by atoms with Gasteiger partial charge in [0.2, 0.25) is 0 Å². The highest BCUT2D eigenvalue weighted by molar-refractivity contribution is 5.83. The predicted octanol–water partition coefficient (Wildman–Crippen LogP) is 1.80. The molecule has 0 atom stereocenters. The summed E-state index contributed by atoms with van der Waals surface area (Å²) in [6.07, 6.45) is 2.75. The van der Waals surface area contributed by atoms with Gasteiger partial charge in [0.1, 0.15) is 0 Å². The summed E-state index contributed by atoms with van der Waals surface area (Å²) in [5, 5.41) is 8.55. The number of carbonyl (C=O) groups is 1. The van der Waals surface area contributed by atoms with E-state index in [-0.39, 0.29) is 0 Å². The second kappa shape index (κ2) is 6.41. The molecule has 0 aliphatic rings. The molecule has 0 unspecified atom stereocenters. The number of nitriles is 1. The topological polar surface area (TPSA) is 50.1 Å². The molecular formula is C9H13NO2. The van der Waals surface area contributed by atoms with Gasteiger partial charge >= 0.3 is 5.97 Å². The first-order chi connectivity index (χ1) is 5.74. The van der Waals surface area contributed by atoms with Crippen LogP contribution < -0.4 is 0 Å². The molecule has 0 rings (SSSR count). The van der Waals surface area contributed by atoms with Crippen LogP contribution in [0.2, 0.25) is 0 Å². The standard InChI is InChI=1S/C9H13NO2/c1-3-5-8(7-10)6-9(11)12-4-2/h6H,3-5H2,1-2H3/b8-6-. The van der Waals surface area contributed by atoms with Crippen LogP contribution in [0.1, 0.15) is 26.7 Å². The zero-order chi connectivity index (χ0) is 9.40. The molecule has 0 heterocycles.